The van der Waals surface area contributed by atoms with Gasteiger partial charge in [-0.05, 0) is 36.2 Å². The monoisotopic (exact) mass is 315 g/mol. The Bertz CT molecular complexity index is 789. The van der Waals surface area contributed by atoms with Gasteiger partial charge in [0, 0.05) is 17.7 Å². The van der Waals surface area contributed by atoms with Crippen LogP contribution in [-0.2, 0) is 6.42 Å². The van der Waals surface area contributed by atoms with Crippen molar-refractivity contribution in [2.75, 3.05) is 19.1 Å². The van der Waals surface area contributed by atoms with Gasteiger partial charge in [0.1, 0.15) is 0 Å². The third-order valence-electron chi connectivity index (χ3n) is 3.82. The van der Waals surface area contributed by atoms with Crippen molar-refractivity contribution in [1.29, 1.82) is 0 Å². The average molecular weight is 316 g/mol. The highest BCUT2D eigenvalue weighted by molar-refractivity contribution is 6.33. The molecule has 112 valence electrons. The number of anilines is 1. The Morgan fingerprint density at radius 3 is 2.77 bits per heavy atom. The lowest BCUT2D eigenvalue weighted by atomic mass is 9.95. The molecule has 0 unspecified atom stereocenters. The predicted molar refractivity (Wildman–Crippen MR) is 85.8 cm³/mol. The second kappa shape index (κ2) is 5.10. The van der Waals surface area contributed by atoms with Crippen LogP contribution in [0.2, 0.25) is 5.02 Å². The van der Waals surface area contributed by atoms with Crippen LogP contribution in [0.15, 0.2) is 35.4 Å². The molecule has 3 N–H and O–H groups in total. The normalized spacial score (nSPS) is 15.6. The highest BCUT2D eigenvalue weighted by Gasteiger charge is 2.22. The molecule has 2 aromatic carbocycles. The van der Waals surface area contributed by atoms with Crippen molar-refractivity contribution in [3.05, 3.63) is 52.0 Å². The van der Waals surface area contributed by atoms with Crippen molar-refractivity contribution < 1.29 is 9.47 Å². The number of benzene rings is 2. The summed E-state index contributed by atoms with van der Waals surface area (Å²) in [5.74, 6) is 1.53. The molecule has 0 amide bonds. The Labute approximate surface area is 132 Å². The van der Waals surface area contributed by atoms with Gasteiger partial charge in [-0.15, -0.1) is 0 Å². The average Bonchev–Trinajstić information content (AvgIpc) is 2.87. The Kier molecular flexibility index (Phi) is 3.08. The minimum atomic E-state index is 0.261. The molecule has 22 heavy (non-hydrogen) atoms. The molecule has 5 nitrogen and oxygen atoms in total. The zero-order valence-corrected chi connectivity index (χ0v) is 12.5. The second-order valence-corrected chi connectivity index (χ2v) is 5.62. The number of nitrogen functional groups attached to an aromatic ring is 1. The Morgan fingerprint density at radius 2 is 1.95 bits per heavy atom. The van der Waals surface area contributed by atoms with Crippen LogP contribution in [0.1, 0.15) is 16.7 Å². The first kappa shape index (κ1) is 13.3. The Balaban J connectivity index is 1.87. The van der Waals surface area contributed by atoms with Crippen LogP contribution in [0.25, 0.3) is 0 Å². The number of rotatable bonds is 1. The molecule has 0 saturated heterocycles. The van der Waals surface area contributed by atoms with Gasteiger partial charge in [-0.3, -0.25) is 0 Å². The molecule has 2 heterocycles. The highest BCUT2D eigenvalue weighted by Crippen LogP contribution is 2.36. The van der Waals surface area contributed by atoms with Crippen LogP contribution in [0.5, 0.6) is 11.5 Å². The minimum absolute atomic E-state index is 0.261. The topological polar surface area (TPSA) is 68.9 Å². The number of nitrogens with zero attached hydrogens (tertiary/aromatic N) is 1. The van der Waals surface area contributed by atoms with Crippen LogP contribution in [0.3, 0.4) is 0 Å². The van der Waals surface area contributed by atoms with Gasteiger partial charge < -0.3 is 20.6 Å². The molecule has 0 atom stereocenters. The Morgan fingerprint density at radius 1 is 1.14 bits per heavy atom. The molecule has 2 aliphatic heterocycles. The number of hydrazone groups is 1. The molecule has 0 spiro atoms. The molecule has 0 aliphatic carbocycles. The third-order valence-corrected chi connectivity index (χ3v) is 4.15. The van der Waals surface area contributed by atoms with E-state index in [-0.39, 0.29) is 6.79 Å². The highest BCUT2D eigenvalue weighted by atomic mass is 35.5. The van der Waals surface area contributed by atoms with Crippen molar-refractivity contribution in [3.63, 3.8) is 0 Å². The zero-order valence-electron chi connectivity index (χ0n) is 11.7. The Hall–Kier alpha value is -2.40. The molecule has 2 aromatic rings. The summed E-state index contributed by atoms with van der Waals surface area (Å²) in [5, 5.41) is 5.02. The number of hydrogen-bond donors (Lipinski definition) is 2. The number of hydrogen-bond acceptors (Lipinski definition) is 5. The van der Waals surface area contributed by atoms with Gasteiger partial charge in [0.25, 0.3) is 0 Å². The maximum absolute atomic E-state index is 6.15. The van der Waals surface area contributed by atoms with Crippen molar-refractivity contribution >= 4 is 23.0 Å². The smallest absolute Gasteiger partial charge is 0.231 e. The van der Waals surface area contributed by atoms with Crippen LogP contribution >= 0.6 is 11.6 Å². The molecular weight excluding hydrogens is 302 g/mol. The molecule has 0 saturated carbocycles. The summed E-state index contributed by atoms with van der Waals surface area (Å²) in [6.45, 7) is 1.02. The van der Waals surface area contributed by atoms with Gasteiger partial charge in [-0.1, -0.05) is 17.7 Å². The van der Waals surface area contributed by atoms with E-state index in [0.717, 1.165) is 41.3 Å². The molecule has 0 aromatic heterocycles. The van der Waals surface area contributed by atoms with E-state index in [0.29, 0.717) is 10.7 Å². The van der Waals surface area contributed by atoms with Crippen molar-refractivity contribution in [2.24, 2.45) is 5.10 Å². The molecule has 4 rings (SSSR count). The molecule has 6 heteroatoms. The first-order valence-electron chi connectivity index (χ1n) is 7.01. The quantitative estimate of drug-likeness (QED) is 0.794. The lowest BCUT2D eigenvalue weighted by molar-refractivity contribution is 0.174. The van der Waals surface area contributed by atoms with E-state index in [1.54, 1.807) is 6.07 Å². The van der Waals surface area contributed by atoms with Gasteiger partial charge in [-0.25, -0.2) is 0 Å². The molecule has 0 fully saturated rings. The summed E-state index contributed by atoms with van der Waals surface area (Å²) in [4.78, 5) is 0. The maximum Gasteiger partial charge on any atom is 0.231 e. The van der Waals surface area contributed by atoms with E-state index in [1.165, 1.54) is 5.56 Å². The maximum atomic E-state index is 6.15. The van der Waals surface area contributed by atoms with Gasteiger partial charge in [-0.2, -0.15) is 5.10 Å². The summed E-state index contributed by atoms with van der Waals surface area (Å²) in [6, 6.07) is 9.54. The predicted octanol–water partition coefficient (Wildman–Crippen LogP) is 2.55. The number of halogens is 1. The van der Waals surface area contributed by atoms with Crippen molar-refractivity contribution in [1.82, 2.24) is 5.43 Å². The molecule has 0 bridgehead atoms. The fourth-order valence-corrected chi connectivity index (χ4v) is 2.87. The minimum Gasteiger partial charge on any atom is -0.454 e. The van der Waals surface area contributed by atoms with Gasteiger partial charge in [0.05, 0.1) is 16.4 Å². The summed E-state index contributed by atoms with van der Waals surface area (Å²) >= 11 is 6.15. The van der Waals surface area contributed by atoms with E-state index in [1.807, 2.05) is 24.3 Å². The van der Waals surface area contributed by atoms with E-state index in [4.69, 9.17) is 26.8 Å². The lowest BCUT2D eigenvalue weighted by Gasteiger charge is -2.11. The number of nitrogens with one attached hydrogen (secondary N) is 1. The summed E-state index contributed by atoms with van der Waals surface area (Å²) in [7, 11) is 0. The lowest BCUT2D eigenvalue weighted by Crippen LogP contribution is -2.10. The zero-order chi connectivity index (χ0) is 15.1. The number of nitrogens with two attached hydrogens (primary N) is 1. The summed E-state index contributed by atoms with van der Waals surface area (Å²) in [6.07, 6.45) is 0.863. The number of fused-ring (bicyclic) bond motifs is 2. The van der Waals surface area contributed by atoms with Gasteiger partial charge in [0.2, 0.25) is 6.79 Å². The third kappa shape index (κ3) is 2.14. The van der Waals surface area contributed by atoms with Crippen LogP contribution in [0.4, 0.5) is 5.69 Å². The summed E-state index contributed by atoms with van der Waals surface area (Å²) in [5.41, 5.74) is 13.4. The van der Waals surface area contributed by atoms with Gasteiger partial charge >= 0.3 is 0 Å². The fourth-order valence-electron chi connectivity index (χ4n) is 2.69. The van der Waals surface area contributed by atoms with Gasteiger partial charge in [0.15, 0.2) is 11.5 Å². The van der Waals surface area contributed by atoms with Crippen LogP contribution < -0.4 is 20.6 Å². The standard InChI is InChI=1S/C16H14ClN3O2/c17-12-5-10(1-2-13(12)18)16-11-7-15-14(21-8-22-15)6-9(11)3-4-19-20-16/h1-2,5-7,19H,3-4,8,18H2. The first-order valence-corrected chi connectivity index (χ1v) is 7.39. The fraction of sp³-hybridized carbons (Fsp3) is 0.188. The summed E-state index contributed by atoms with van der Waals surface area (Å²) < 4.78 is 10.9. The van der Waals surface area contributed by atoms with Crippen molar-refractivity contribution in [2.45, 2.75) is 6.42 Å². The van der Waals surface area contributed by atoms with Crippen LogP contribution in [-0.4, -0.2) is 19.0 Å². The van der Waals surface area contributed by atoms with E-state index in [2.05, 4.69) is 10.5 Å². The van der Waals surface area contributed by atoms with E-state index >= 15 is 0 Å². The van der Waals surface area contributed by atoms with Crippen molar-refractivity contribution in [3.8, 4) is 11.5 Å². The molecule has 2 aliphatic rings. The largest absolute Gasteiger partial charge is 0.454 e. The molecule has 0 radical (unpaired) electrons. The SMILES string of the molecule is Nc1ccc(C2=NNCCc3cc4c(cc32)OCO4)cc1Cl. The number of ether oxygens (including phenoxy) is 2. The molecular formula is C16H14ClN3O2. The van der Waals surface area contributed by atoms with E-state index in [9.17, 15) is 0 Å². The first-order chi connectivity index (χ1) is 10.7. The van der Waals surface area contributed by atoms with E-state index < -0.39 is 0 Å². The van der Waals surface area contributed by atoms with Crippen LogP contribution in [0, 0.1) is 0 Å². The second-order valence-electron chi connectivity index (χ2n) is 5.22.